The predicted molar refractivity (Wildman–Crippen MR) is 89.7 cm³/mol. The maximum Gasteiger partial charge on any atom is 0.279 e. The lowest BCUT2D eigenvalue weighted by Gasteiger charge is -2.01. The average molecular weight is 324 g/mol. The van der Waals surface area contributed by atoms with Crippen LogP contribution >= 0.6 is 11.3 Å². The van der Waals surface area contributed by atoms with Crippen molar-refractivity contribution in [2.45, 2.75) is 13.5 Å². The van der Waals surface area contributed by atoms with Crippen LogP contribution in [0.25, 0.3) is 10.2 Å². The van der Waals surface area contributed by atoms with Crippen LogP contribution in [0.4, 0.5) is 4.39 Å². The Morgan fingerprint density at radius 2 is 2.04 bits per heavy atom. The Labute approximate surface area is 136 Å². The van der Waals surface area contributed by atoms with E-state index in [4.69, 9.17) is 6.42 Å². The quantitative estimate of drug-likeness (QED) is 0.664. The minimum atomic E-state index is -0.377. The van der Waals surface area contributed by atoms with Crippen LogP contribution < -0.4 is 4.80 Å². The molecule has 0 N–H and O–H groups in total. The highest BCUT2D eigenvalue weighted by Crippen LogP contribution is 2.20. The first-order chi connectivity index (χ1) is 11.1. The molecule has 0 aliphatic carbocycles. The van der Waals surface area contributed by atoms with Crippen LogP contribution in [0.5, 0.6) is 0 Å². The van der Waals surface area contributed by atoms with Crippen LogP contribution in [0.2, 0.25) is 0 Å². The Balaban J connectivity index is 2.17. The molecule has 2 aromatic carbocycles. The van der Waals surface area contributed by atoms with Gasteiger partial charge in [0.25, 0.3) is 5.91 Å². The summed E-state index contributed by atoms with van der Waals surface area (Å²) in [5.74, 6) is 1.73. The average Bonchev–Trinajstić information content (AvgIpc) is 2.87. The maximum absolute atomic E-state index is 14.1. The minimum absolute atomic E-state index is 0.154. The zero-order chi connectivity index (χ0) is 16.4. The first kappa shape index (κ1) is 15.2. The number of amides is 1. The SMILES string of the molecule is C#CCn1c(=NC(=O)c2ccc(C)cc2)sc2cccc(F)c21. The molecule has 0 spiro atoms. The summed E-state index contributed by atoms with van der Waals surface area (Å²) >= 11 is 1.24. The summed E-state index contributed by atoms with van der Waals surface area (Å²) in [4.78, 5) is 16.9. The summed E-state index contributed by atoms with van der Waals surface area (Å²) in [5, 5.41) is 0. The number of carbonyl (C=O) groups is 1. The summed E-state index contributed by atoms with van der Waals surface area (Å²) in [6.45, 7) is 2.10. The number of halogens is 1. The molecule has 0 aliphatic heterocycles. The summed E-state index contributed by atoms with van der Waals surface area (Å²) in [6, 6.07) is 11.9. The van der Waals surface area contributed by atoms with Gasteiger partial charge in [-0.15, -0.1) is 6.42 Å². The summed E-state index contributed by atoms with van der Waals surface area (Å²) in [5.41, 5.74) is 1.93. The number of fused-ring (bicyclic) bond motifs is 1. The molecule has 0 fully saturated rings. The van der Waals surface area contributed by atoms with Gasteiger partial charge < -0.3 is 4.57 Å². The molecule has 0 atom stereocenters. The zero-order valence-electron chi connectivity index (χ0n) is 12.4. The third kappa shape index (κ3) is 2.94. The van der Waals surface area contributed by atoms with Gasteiger partial charge in [0.05, 0.1) is 16.8 Å². The van der Waals surface area contributed by atoms with Crippen LogP contribution in [0, 0.1) is 25.1 Å². The number of aryl methyl sites for hydroxylation is 1. The molecule has 5 heteroatoms. The van der Waals surface area contributed by atoms with Gasteiger partial charge in [0.15, 0.2) is 4.80 Å². The van der Waals surface area contributed by atoms with Gasteiger partial charge in [-0.2, -0.15) is 4.99 Å². The second-order valence-electron chi connectivity index (χ2n) is 5.04. The molecule has 1 aromatic heterocycles. The van der Waals surface area contributed by atoms with Crippen LogP contribution in [0.1, 0.15) is 15.9 Å². The Morgan fingerprint density at radius 3 is 2.74 bits per heavy atom. The van der Waals surface area contributed by atoms with Gasteiger partial charge in [-0.1, -0.05) is 41.0 Å². The number of benzene rings is 2. The van der Waals surface area contributed by atoms with E-state index in [2.05, 4.69) is 10.9 Å². The number of hydrogen-bond donors (Lipinski definition) is 0. The molecule has 3 aromatic rings. The van der Waals surface area contributed by atoms with E-state index in [1.165, 1.54) is 17.4 Å². The van der Waals surface area contributed by atoms with Crippen molar-refractivity contribution < 1.29 is 9.18 Å². The molecule has 0 saturated heterocycles. The monoisotopic (exact) mass is 324 g/mol. The first-order valence-electron chi connectivity index (χ1n) is 6.97. The molecule has 0 bridgehead atoms. The van der Waals surface area contributed by atoms with E-state index in [-0.39, 0.29) is 18.3 Å². The van der Waals surface area contributed by atoms with Crippen molar-refractivity contribution in [1.82, 2.24) is 4.57 Å². The van der Waals surface area contributed by atoms with Crippen LogP contribution in [-0.2, 0) is 6.54 Å². The molecule has 1 heterocycles. The molecule has 1 amide bonds. The van der Waals surface area contributed by atoms with Gasteiger partial charge in [-0.05, 0) is 31.2 Å². The normalized spacial score (nSPS) is 11.6. The Hall–Kier alpha value is -2.71. The molecular weight excluding hydrogens is 311 g/mol. The number of hydrogen-bond acceptors (Lipinski definition) is 2. The maximum atomic E-state index is 14.1. The molecule has 114 valence electrons. The Bertz CT molecular complexity index is 991. The number of nitrogens with zero attached hydrogens (tertiary/aromatic N) is 2. The van der Waals surface area contributed by atoms with E-state index in [0.29, 0.717) is 20.6 Å². The molecule has 23 heavy (non-hydrogen) atoms. The second-order valence-corrected chi connectivity index (χ2v) is 6.05. The summed E-state index contributed by atoms with van der Waals surface area (Å²) in [7, 11) is 0. The molecule has 3 nitrogen and oxygen atoms in total. The predicted octanol–water partition coefficient (Wildman–Crippen LogP) is 3.52. The number of rotatable bonds is 2. The van der Waals surface area contributed by atoms with Crippen LogP contribution in [0.3, 0.4) is 0 Å². The molecular formula is C18H13FN2OS. The lowest BCUT2D eigenvalue weighted by atomic mass is 10.1. The van der Waals surface area contributed by atoms with E-state index in [1.54, 1.807) is 28.8 Å². The van der Waals surface area contributed by atoms with Gasteiger partial charge >= 0.3 is 0 Å². The van der Waals surface area contributed by atoms with Crippen LogP contribution in [-0.4, -0.2) is 10.5 Å². The van der Waals surface area contributed by atoms with E-state index >= 15 is 0 Å². The van der Waals surface area contributed by atoms with Gasteiger partial charge in [0, 0.05) is 5.56 Å². The van der Waals surface area contributed by atoms with Crippen molar-refractivity contribution in [2.75, 3.05) is 0 Å². The van der Waals surface area contributed by atoms with Gasteiger partial charge in [0.1, 0.15) is 5.82 Å². The first-order valence-corrected chi connectivity index (χ1v) is 7.79. The topological polar surface area (TPSA) is 34.4 Å². The van der Waals surface area contributed by atoms with Crippen molar-refractivity contribution >= 4 is 27.5 Å². The number of aromatic nitrogens is 1. The van der Waals surface area contributed by atoms with Crippen molar-refractivity contribution in [3.05, 3.63) is 64.2 Å². The van der Waals surface area contributed by atoms with Gasteiger partial charge in [-0.3, -0.25) is 4.79 Å². The standard InChI is InChI=1S/C18H13FN2OS/c1-3-11-21-16-14(19)5-4-6-15(16)23-18(21)20-17(22)13-9-7-12(2)8-10-13/h1,4-10H,11H2,2H3. The third-order valence-corrected chi connectivity index (χ3v) is 4.44. The molecule has 0 aliphatic rings. The summed E-state index contributed by atoms with van der Waals surface area (Å²) in [6.07, 6.45) is 5.37. The van der Waals surface area contributed by atoms with E-state index in [1.807, 2.05) is 19.1 Å². The molecule has 0 saturated carbocycles. The number of para-hydroxylation sites is 1. The number of thiazole rings is 1. The van der Waals surface area contributed by atoms with E-state index in [0.717, 1.165) is 5.56 Å². The largest absolute Gasteiger partial charge is 0.302 e. The van der Waals surface area contributed by atoms with Crippen molar-refractivity contribution in [3.63, 3.8) is 0 Å². The van der Waals surface area contributed by atoms with Crippen molar-refractivity contribution in [2.24, 2.45) is 4.99 Å². The molecule has 3 rings (SSSR count). The zero-order valence-corrected chi connectivity index (χ0v) is 13.2. The van der Waals surface area contributed by atoms with E-state index in [9.17, 15) is 9.18 Å². The third-order valence-electron chi connectivity index (χ3n) is 3.40. The highest BCUT2D eigenvalue weighted by Gasteiger charge is 2.11. The smallest absolute Gasteiger partial charge is 0.279 e. The Kier molecular flexibility index (Phi) is 4.09. The second kappa shape index (κ2) is 6.19. The highest BCUT2D eigenvalue weighted by molar-refractivity contribution is 7.16. The van der Waals surface area contributed by atoms with Gasteiger partial charge in [0.2, 0.25) is 0 Å². The van der Waals surface area contributed by atoms with Crippen molar-refractivity contribution in [3.8, 4) is 12.3 Å². The number of carbonyl (C=O) groups excluding carboxylic acids is 1. The summed E-state index contributed by atoms with van der Waals surface area (Å²) < 4.78 is 16.3. The fourth-order valence-electron chi connectivity index (χ4n) is 2.26. The van der Waals surface area contributed by atoms with Gasteiger partial charge in [-0.25, -0.2) is 4.39 Å². The lowest BCUT2D eigenvalue weighted by molar-refractivity contribution is 0.0998. The van der Waals surface area contributed by atoms with Crippen LogP contribution in [0.15, 0.2) is 47.5 Å². The molecule has 0 radical (unpaired) electrons. The highest BCUT2D eigenvalue weighted by atomic mass is 32.1. The number of terminal acetylenes is 1. The lowest BCUT2D eigenvalue weighted by Crippen LogP contribution is -2.17. The van der Waals surface area contributed by atoms with E-state index < -0.39 is 0 Å². The Morgan fingerprint density at radius 1 is 1.30 bits per heavy atom. The fourth-order valence-corrected chi connectivity index (χ4v) is 3.30. The molecule has 0 unspecified atom stereocenters. The minimum Gasteiger partial charge on any atom is -0.302 e. The van der Waals surface area contributed by atoms with Crippen molar-refractivity contribution in [1.29, 1.82) is 0 Å². The fraction of sp³-hybridized carbons (Fsp3) is 0.111.